The first-order valence-electron chi connectivity index (χ1n) is 5.95. The zero-order chi connectivity index (χ0) is 13.1. The number of aromatic nitrogens is 2. The molecule has 2 rings (SSSR count). The standard InChI is InChI=1S/C13H17N3O2/c1-9-4-3-5-12-15-11(6-13(18)16(9)12)8-14-7-10(2)17/h3-6,10,14,17H,7-8H2,1-2H3/t10-/m0/s1. The highest BCUT2D eigenvalue weighted by atomic mass is 16.3. The molecule has 0 unspecified atom stereocenters. The van der Waals surface area contributed by atoms with Gasteiger partial charge in [0.25, 0.3) is 5.56 Å². The van der Waals surface area contributed by atoms with Gasteiger partial charge in [0.05, 0.1) is 11.8 Å². The second kappa shape index (κ2) is 5.29. The van der Waals surface area contributed by atoms with Crippen molar-refractivity contribution in [1.82, 2.24) is 14.7 Å². The van der Waals surface area contributed by atoms with Gasteiger partial charge in [-0.05, 0) is 26.0 Å². The Hall–Kier alpha value is -1.72. The van der Waals surface area contributed by atoms with E-state index < -0.39 is 6.10 Å². The maximum atomic E-state index is 12.0. The van der Waals surface area contributed by atoms with Crippen molar-refractivity contribution in [3.63, 3.8) is 0 Å². The molecule has 0 aliphatic rings. The molecule has 96 valence electrons. The highest BCUT2D eigenvalue weighted by molar-refractivity contribution is 5.40. The van der Waals surface area contributed by atoms with E-state index in [-0.39, 0.29) is 5.56 Å². The van der Waals surface area contributed by atoms with Crippen LogP contribution in [0.15, 0.2) is 29.1 Å². The zero-order valence-corrected chi connectivity index (χ0v) is 10.6. The van der Waals surface area contributed by atoms with E-state index in [1.54, 1.807) is 11.3 Å². The van der Waals surface area contributed by atoms with Crippen molar-refractivity contribution in [3.05, 3.63) is 46.0 Å². The van der Waals surface area contributed by atoms with Crippen molar-refractivity contribution in [2.24, 2.45) is 0 Å². The van der Waals surface area contributed by atoms with E-state index in [9.17, 15) is 4.79 Å². The molecular weight excluding hydrogens is 230 g/mol. The summed E-state index contributed by atoms with van der Waals surface area (Å²) in [5, 5.41) is 12.2. The summed E-state index contributed by atoms with van der Waals surface area (Å²) in [5.41, 5.74) is 2.13. The van der Waals surface area contributed by atoms with E-state index in [2.05, 4.69) is 10.3 Å². The normalized spacial score (nSPS) is 12.8. The van der Waals surface area contributed by atoms with E-state index in [0.717, 1.165) is 5.69 Å². The van der Waals surface area contributed by atoms with Crippen LogP contribution < -0.4 is 10.9 Å². The lowest BCUT2D eigenvalue weighted by Gasteiger charge is -2.08. The molecule has 1 atom stereocenters. The Morgan fingerprint density at radius 2 is 2.28 bits per heavy atom. The van der Waals surface area contributed by atoms with Crippen LogP contribution in [0.1, 0.15) is 18.3 Å². The highest BCUT2D eigenvalue weighted by Gasteiger charge is 2.04. The van der Waals surface area contributed by atoms with Crippen LogP contribution in [0.2, 0.25) is 0 Å². The molecule has 18 heavy (non-hydrogen) atoms. The maximum Gasteiger partial charge on any atom is 0.258 e. The Kier molecular flexibility index (Phi) is 3.74. The molecule has 2 aromatic heterocycles. The van der Waals surface area contributed by atoms with Crippen molar-refractivity contribution >= 4 is 5.65 Å². The smallest absolute Gasteiger partial charge is 0.258 e. The summed E-state index contributed by atoms with van der Waals surface area (Å²) in [4.78, 5) is 16.4. The molecule has 0 fully saturated rings. The third-order valence-corrected chi connectivity index (χ3v) is 2.68. The topological polar surface area (TPSA) is 66.6 Å². The van der Waals surface area contributed by atoms with Crippen LogP contribution in [0.25, 0.3) is 5.65 Å². The first-order valence-corrected chi connectivity index (χ1v) is 5.95. The molecule has 0 radical (unpaired) electrons. The van der Waals surface area contributed by atoms with Crippen LogP contribution in [-0.2, 0) is 6.54 Å². The molecular formula is C13H17N3O2. The molecule has 0 aliphatic carbocycles. The van der Waals surface area contributed by atoms with Gasteiger partial charge in [0.15, 0.2) is 0 Å². The fourth-order valence-electron chi connectivity index (χ4n) is 1.86. The monoisotopic (exact) mass is 247 g/mol. The molecule has 0 saturated heterocycles. The third kappa shape index (κ3) is 2.75. The van der Waals surface area contributed by atoms with Crippen molar-refractivity contribution in [2.45, 2.75) is 26.5 Å². The van der Waals surface area contributed by atoms with Crippen LogP contribution >= 0.6 is 0 Å². The SMILES string of the molecule is Cc1cccc2nc(CNC[C@H](C)O)cc(=O)n12. The summed E-state index contributed by atoms with van der Waals surface area (Å²) in [6.45, 7) is 4.54. The van der Waals surface area contributed by atoms with Crippen LogP contribution in [0.5, 0.6) is 0 Å². The van der Waals surface area contributed by atoms with E-state index in [0.29, 0.717) is 24.4 Å². The Labute approximate surface area is 105 Å². The Morgan fingerprint density at radius 3 is 3.00 bits per heavy atom. The van der Waals surface area contributed by atoms with Gasteiger partial charge in [0.1, 0.15) is 5.65 Å². The molecule has 0 bridgehead atoms. The summed E-state index contributed by atoms with van der Waals surface area (Å²) in [7, 11) is 0. The molecule has 0 aliphatic heterocycles. The summed E-state index contributed by atoms with van der Waals surface area (Å²) in [5.74, 6) is 0. The molecule has 5 nitrogen and oxygen atoms in total. The lowest BCUT2D eigenvalue weighted by Crippen LogP contribution is -2.26. The molecule has 0 aromatic carbocycles. The lowest BCUT2D eigenvalue weighted by molar-refractivity contribution is 0.191. The van der Waals surface area contributed by atoms with Crippen molar-refractivity contribution in [1.29, 1.82) is 0 Å². The predicted octanol–water partition coefficient (Wildman–Crippen LogP) is 0.473. The molecule has 2 aromatic rings. The summed E-state index contributed by atoms with van der Waals surface area (Å²) in [6, 6.07) is 7.09. The molecule has 2 N–H and O–H groups in total. The quantitative estimate of drug-likeness (QED) is 0.824. The number of hydrogen-bond donors (Lipinski definition) is 2. The number of pyridine rings is 1. The first-order chi connectivity index (χ1) is 8.58. The van der Waals surface area contributed by atoms with E-state index in [4.69, 9.17) is 5.11 Å². The largest absolute Gasteiger partial charge is 0.392 e. The van der Waals surface area contributed by atoms with Crippen LogP contribution in [0, 0.1) is 6.92 Å². The summed E-state index contributed by atoms with van der Waals surface area (Å²) >= 11 is 0. The number of rotatable bonds is 4. The second-order valence-corrected chi connectivity index (χ2v) is 4.43. The first kappa shape index (κ1) is 12.7. The number of hydrogen-bond acceptors (Lipinski definition) is 4. The van der Waals surface area contributed by atoms with Crippen LogP contribution in [-0.4, -0.2) is 27.1 Å². The zero-order valence-electron chi connectivity index (χ0n) is 10.6. The van der Waals surface area contributed by atoms with Crippen molar-refractivity contribution < 1.29 is 5.11 Å². The van der Waals surface area contributed by atoms with Crippen LogP contribution in [0.3, 0.4) is 0 Å². The molecule has 5 heteroatoms. The van der Waals surface area contributed by atoms with Gasteiger partial charge in [0, 0.05) is 24.8 Å². The summed E-state index contributed by atoms with van der Waals surface area (Å²) in [6.07, 6.45) is -0.409. The predicted molar refractivity (Wildman–Crippen MR) is 69.6 cm³/mol. The van der Waals surface area contributed by atoms with Gasteiger partial charge in [0.2, 0.25) is 0 Å². The van der Waals surface area contributed by atoms with E-state index >= 15 is 0 Å². The molecule has 0 saturated carbocycles. The van der Waals surface area contributed by atoms with Gasteiger partial charge in [-0.15, -0.1) is 0 Å². The lowest BCUT2D eigenvalue weighted by atomic mass is 10.3. The van der Waals surface area contributed by atoms with Crippen LogP contribution in [0.4, 0.5) is 0 Å². The average molecular weight is 247 g/mol. The van der Waals surface area contributed by atoms with Gasteiger partial charge < -0.3 is 10.4 Å². The Balaban J connectivity index is 2.29. The fraction of sp³-hybridized carbons (Fsp3) is 0.385. The number of aryl methyl sites for hydroxylation is 1. The number of aliphatic hydroxyl groups excluding tert-OH is 1. The number of nitrogens with zero attached hydrogens (tertiary/aromatic N) is 2. The van der Waals surface area contributed by atoms with Gasteiger partial charge in [-0.3, -0.25) is 9.20 Å². The minimum atomic E-state index is -0.409. The van der Waals surface area contributed by atoms with Gasteiger partial charge in [-0.1, -0.05) is 6.07 Å². The Morgan fingerprint density at radius 1 is 1.50 bits per heavy atom. The summed E-state index contributed by atoms with van der Waals surface area (Å²) < 4.78 is 1.58. The minimum Gasteiger partial charge on any atom is -0.392 e. The average Bonchev–Trinajstić information content (AvgIpc) is 2.28. The molecule has 0 spiro atoms. The molecule has 0 amide bonds. The van der Waals surface area contributed by atoms with Crippen molar-refractivity contribution in [2.75, 3.05) is 6.54 Å². The van der Waals surface area contributed by atoms with Crippen molar-refractivity contribution in [3.8, 4) is 0 Å². The molecule has 2 heterocycles. The van der Waals surface area contributed by atoms with E-state index in [1.807, 2.05) is 25.1 Å². The van der Waals surface area contributed by atoms with Gasteiger partial charge >= 0.3 is 0 Å². The number of fused-ring (bicyclic) bond motifs is 1. The number of aliphatic hydroxyl groups is 1. The highest BCUT2D eigenvalue weighted by Crippen LogP contribution is 2.02. The Bertz CT molecular complexity index is 605. The van der Waals surface area contributed by atoms with E-state index in [1.165, 1.54) is 6.07 Å². The fourth-order valence-corrected chi connectivity index (χ4v) is 1.86. The number of nitrogens with one attached hydrogen (secondary N) is 1. The van der Waals surface area contributed by atoms with Gasteiger partial charge in [-0.25, -0.2) is 4.98 Å². The maximum absolute atomic E-state index is 12.0. The second-order valence-electron chi connectivity index (χ2n) is 4.43. The minimum absolute atomic E-state index is 0.0769. The van der Waals surface area contributed by atoms with Gasteiger partial charge in [-0.2, -0.15) is 0 Å². The third-order valence-electron chi connectivity index (χ3n) is 2.68.